The number of hydrogen-bond acceptors (Lipinski definition) is 4. The first-order valence-corrected chi connectivity index (χ1v) is 10.3. The standard InChI is InChI=1S/C21H22ClN3OS/c1-14-11-15(2)20-18(12-14)27-21(23-20)25-9-7-24(8-10-25)19(26)13-16-5-3-4-6-17(16)22/h3-6,11-12H,7-10,13H2,1-2H3. The molecule has 6 heteroatoms. The maximum atomic E-state index is 12.6. The molecule has 1 saturated heterocycles. The van der Waals surface area contributed by atoms with E-state index < -0.39 is 0 Å². The summed E-state index contributed by atoms with van der Waals surface area (Å²) in [6.07, 6.45) is 0.360. The molecule has 140 valence electrons. The summed E-state index contributed by atoms with van der Waals surface area (Å²) in [7, 11) is 0. The number of benzene rings is 2. The monoisotopic (exact) mass is 399 g/mol. The Morgan fingerprint density at radius 3 is 2.63 bits per heavy atom. The lowest BCUT2D eigenvalue weighted by molar-refractivity contribution is -0.130. The number of thiazole rings is 1. The van der Waals surface area contributed by atoms with Crippen LogP contribution in [0.25, 0.3) is 10.2 Å². The summed E-state index contributed by atoms with van der Waals surface area (Å²) in [6.45, 7) is 7.30. The van der Waals surface area contributed by atoms with E-state index in [-0.39, 0.29) is 5.91 Å². The van der Waals surface area contributed by atoms with Crippen LogP contribution >= 0.6 is 22.9 Å². The Hall–Kier alpha value is -2.11. The van der Waals surface area contributed by atoms with E-state index >= 15 is 0 Å². The smallest absolute Gasteiger partial charge is 0.227 e. The van der Waals surface area contributed by atoms with Gasteiger partial charge in [0.2, 0.25) is 5.91 Å². The molecule has 3 aromatic rings. The molecule has 1 fully saturated rings. The van der Waals surface area contributed by atoms with Crippen molar-refractivity contribution in [3.63, 3.8) is 0 Å². The zero-order chi connectivity index (χ0) is 19.0. The maximum Gasteiger partial charge on any atom is 0.227 e. The summed E-state index contributed by atoms with van der Waals surface area (Å²) in [5.41, 5.74) is 4.48. The van der Waals surface area contributed by atoms with Gasteiger partial charge in [0.25, 0.3) is 0 Å². The summed E-state index contributed by atoms with van der Waals surface area (Å²) in [4.78, 5) is 21.7. The van der Waals surface area contributed by atoms with Crippen LogP contribution in [-0.4, -0.2) is 42.0 Å². The number of nitrogens with zero attached hydrogens (tertiary/aromatic N) is 3. The zero-order valence-corrected chi connectivity index (χ0v) is 17.1. The number of fused-ring (bicyclic) bond motifs is 1. The van der Waals surface area contributed by atoms with Gasteiger partial charge >= 0.3 is 0 Å². The summed E-state index contributed by atoms with van der Waals surface area (Å²) in [5.74, 6) is 0.138. The topological polar surface area (TPSA) is 36.4 Å². The first kappa shape index (κ1) is 18.3. The molecule has 0 aliphatic carbocycles. The molecule has 2 aromatic carbocycles. The molecule has 0 atom stereocenters. The lowest BCUT2D eigenvalue weighted by Gasteiger charge is -2.34. The van der Waals surface area contributed by atoms with Crippen molar-refractivity contribution in [3.8, 4) is 0 Å². The molecule has 0 bridgehead atoms. The molecule has 0 radical (unpaired) electrons. The van der Waals surface area contributed by atoms with Gasteiger partial charge in [0.05, 0.1) is 16.6 Å². The van der Waals surface area contributed by atoms with Gasteiger partial charge in [-0.1, -0.05) is 47.2 Å². The lowest BCUT2D eigenvalue weighted by atomic mass is 10.1. The van der Waals surface area contributed by atoms with Gasteiger partial charge in [-0.3, -0.25) is 4.79 Å². The van der Waals surface area contributed by atoms with E-state index in [2.05, 4.69) is 30.9 Å². The number of carbonyl (C=O) groups excluding carboxylic acids is 1. The van der Waals surface area contributed by atoms with Gasteiger partial charge in [0.1, 0.15) is 0 Å². The van der Waals surface area contributed by atoms with Crippen LogP contribution in [0.5, 0.6) is 0 Å². The quantitative estimate of drug-likeness (QED) is 0.652. The number of aromatic nitrogens is 1. The van der Waals surface area contributed by atoms with Crippen molar-refractivity contribution >= 4 is 44.2 Å². The molecule has 2 heterocycles. The van der Waals surface area contributed by atoms with Crippen LogP contribution in [0.2, 0.25) is 5.02 Å². The number of carbonyl (C=O) groups is 1. The third kappa shape index (κ3) is 3.80. The van der Waals surface area contributed by atoms with E-state index in [1.54, 1.807) is 11.3 Å². The highest BCUT2D eigenvalue weighted by Gasteiger charge is 2.23. The highest BCUT2D eigenvalue weighted by atomic mass is 35.5. The number of halogens is 1. The molecule has 0 spiro atoms. The van der Waals surface area contributed by atoms with Gasteiger partial charge in [0.15, 0.2) is 5.13 Å². The van der Waals surface area contributed by atoms with Crippen molar-refractivity contribution in [2.24, 2.45) is 0 Å². The minimum atomic E-state index is 0.138. The van der Waals surface area contributed by atoms with E-state index in [1.165, 1.54) is 15.8 Å². The summed E-state index contributed by atoms with van der Waals surface area (Å²) in [5, 5.41) is 1.71. The second-order valence-corrected chi connectivity index (χ2v) is 8.48. The fraction of sp³-hybridized carbons (Fsp3) is 0.333. The Bertz CT molecular complexity index is 992. The normalized spacial score (nSPS) is 14.8. The average molecular weight is 400 g/mol. The van der Waals surface area contributed by atoms with Gasteiger partial charge in [-0.15, -0.1) is 0 Å². The highest BCUT2D eigenvalue weighted by molar-refractivity contribution is 7.22. The maximum absolute atomic E-state index is 12.6. The highest BCUT2D eigenvalue weighted by Crippen LogP contribution is 2.32. The number of rotatable bonds is 3. The van der Waals surface area contributed by atoms with Crippen LogP contribution in [0.3, 0.4) is 0 Å². The molecule has 0 unspecified atom stereocenters. The van der Waals surface area contributed by atoms with Gasteiger partial charge in [0, 0.05) is 31.2 Å². The van der Waals surface area contributed by atoms with Crippen LogP contribution in [0.15, 0.2) is 36.4 Å². The Morgan fingerprint density at radius 1 is 1.15 bits per heavy atom. The summed E-state index contributed by atoms with van der Waals surface area (Å²) < 4.78 is 1.24. The van der Waals surface area contributed by atoms with Crippen molar-refractivity contribution in [2.75, 3.05) is 31.1 Å². The van der Waals surface area contributed by atoms with Crippen LogP contribution in [-0.2, 0) is 11.2 Å². The molecule has 0 N–H and O–H groups in total. The fourth-order valence-electron chi connectivity index (χ4n) is 3.56. The molecule has 1 aliphatic rings. The van der Waals surface area contributed by atoms with Crippen LogP contribution in [0.4, 0.5) is 5.13 Å². The lowest BCUT2D eigenvalue weighted by Crippen LogP contribution is -2.49. The Morgan fingerprint density at radius 2 is 1.89 bits per heavy atom. The van der Waals surface area contributed by atoms with Crippen LogP contribution in [0, 0.1) is 13.8 Å². The Balaban J connectivity index is 1.42. The number of hydrogen-bond donors (Lipinski definition) is 0. The molecular formula is C21H22ClN3OS. The molecule has 1 aromatic heterocycles. The van der Waals surface area contributed by atoms with Gasteiger partial charge in [-0.2, -0.15) is 0 Å². The van der Waals surface area contributed by atoms with Gasteiger partial charge < -0.3 is 9.80 Å². The number of aryl methyl sites for hydroxylation is 2. The zero-order valence-electron chi connectivity index (χ0n) is 15.5. The van der Waals surface area contributed by atoms with Crippen molar-refractivity contribution in [2.45, 2.75) is 20.3 Å². The number of amides is 1. The minimum Gasteiger partial charge on any atom is -0.345 e. The minimum absolute atomic E-state index is 0.138. The van der Waals surface area contributed by atoms with E-state index in [0.717, 1.165) is 42.4 Å². The first-order chi connectivity index (χ1) is 13.0. The predicted octanol–water partition coefficient (Wildman–Crippen LogP) is 4.46. The van der Waals surface area contributed by atoms with E-state index in [0.29, 0.717) is 11.4 Å². The van der Waals surface area contributed by atoms with Gasteiger partial charge in [-0.25, -0.2) is 4.98 Å². The number of piperazine rings is 1. The van der Waals surface area contributed by atoms with Crippen LogP contribution in [0.1, 0.15) is 16.7 Å². The third-order valence-electron chi connectivity index (χ3n) is 5.02. The first-order valence-electron chi connectivity index (χ1n) is 9.15. The Kier molecular flexibility index (Phi) is 5.06. The average Bonchev–Trinajstić information content (AvgIpc) is 3.08. The SMILES string of the molecule is Cc1cc(C)c2nc(N3CCN(C(=O)Cc4ccccc4Cl)CC3)sc2c1. The Labute approximate surface area is 168 Å². The molecule has 4 rings (SSSR count). The predicted molar refractivity (Wildman–Crippen MR) is 113 cm³/mol. The second-order valence-electron chi connectivity index (χ2n) is 7.06. The van der Waals surface area contributed by atoms with Crippen molar-refractivity contribution in [3.05, 3.63) is 58.1 Å². The van der Waals surface area contributed by atoms with E-state index in [9.17, 15) is 4.79 Å². The van der Waals surface area contributed by atoms with E-state index in [1.807, 2.05) is 29.2 Å². The molecule has 1 aliphatic heterocycles. The van der Waals surface area contributed by atoms with Crippen molar-refractivity contribution < 1.29 is 4.79 Å². The van der Waals surface area contributed by atoms with E-state index in [4.69, 9.17) is 16.6 Å². The molecule has 27 heavy (non-hydrogen) atoms. The summed E-state index contributed by atoms with van der Waals surface area (Å²) in [6, 6.07) is 11.9. The largest absolute Gasteiger partial charge is 0.345 e. The van der Waals surface area contributed by atoms with Crippen molar-refractivity contribution in [1.82, 2.24) is 9.88 Å². The second kappa shape index (κ2) is 7.49. The molecular weight excluding hydrogens is 378 g/mol. The number of anilines is 1. The molecule has 4 nitrogen and oxygen atoms in total. The third-order valence-corrected chi connectivity index (χ3v) is 6.45. The van der Waals surface area contributed by atoms with Crippen molar-refractivity contribution in [1.29, 1.82) is 0 Å². The van der Waals surface area contributed by atoms with Gasteiger partial charge in [-0.05, 0) is 42.7 Å². The molecule has 0 saturated carbocycles. The fourth-order valence-corrected chi connectivity index (χ4v) is 4.95. The molecule has 1 amide bonds. The summed E-state index contributed by atoms with van der Waals surface area (Å²) >= 11 is 7.93. The van der Waals surface area contributed by atoms with Crippen LogP contribution < -0.4 is 4.90 Å².